The molecule has 0 bridgehead atoms. The third-order valence-electron chi connectivity index (χ3n) is 4.67. The topological polar surface area (TPSA) is 64.5 Å². The highest BCUT2D eigenvalue weighted by Gasteiger charge is 2.23. The van der Waals surface area contributed by atoms with Crippen molar-refractivity contribution in [3.8, 4) is 11.5 Å². The van der Waals surface area contributed by atoms with Crippen LogP contribution in [0.5, 0.6) is 11.5 Å². The lowest BCUT2D eigenvalue weighted by molar-refractivity contribution is -0.120. The minimum Gasteiger partial charge on any atom is -0.494 e. The lowest BCUT2D eigenvalue weighted by Gasteiger charge is -2.19. The molecule has 0 aliphatic heterocycles. The minimum atomic E-state index is -0.366. The predicted octanol–water partition coefficient (Wildman–Crippen LogP) is 4.76. The minimum absolute atomic E-state index is 0.218. The summed E-state index contributed by atoms with van der Waals surface area (Å²) in [5.74, 6) is 0.408. The molecule has 2 aromatic heterocycles. The Bertz CT molecular complexity index is 1200. The molecule has 2 heterocycles. The van der Waals surface area contributed by atoms with E-state index in [1.54, 1.807) is 18.2 Å². The number of pyridine rings is 1. The normalized spacial score (nSPS) is 10.8. The largest absolute Gasteiger partial charge is 0.494 e. The first-order chi connectivity index (χ1) is 15.0. The van der Waals surface area contributed by atoms with Gasteiger partial charge in [0.15, 0.2) is 11.7 Å². The standard InChI is InChI=1S/C23H20FN3O3S/c1-15-6-11-19(29-2)21-22(15)31-23(26-21)27(13-17-5-3-4-12-25-17)20(28)14-30-18-9-7-16(24)8-10-18/h3-12H,13-14H2,1-2H3. The highest BCUT2D eigenvalue weighted by molar-refractivity contribution is 7.22. The molecule has 0 radical (unpaired) electrons. The first kappa shape index (κ1) is 20.7. The van der Waals surface area contributed by atoms with Gasteiger partial charge in [-0.1, -0.05) is 23.5 Å². The Kier molecular flexibility index (Phi) is 6.08. The van der Waals surface area contributed by atoms with Crippen LogP contribution in [0.3, 0.4) is 0 Å². The van der Waals surface area contributed by atoms with Crippen molar-refractivity contribution in [3.05, 3.63) is 77.9 Å². The Morgan fingerprint density at radius 2 is 1.94 bits per heavy atom. The molecule has 0 unspecified atom stereocenters. The number of anilines is 1. The molecule has 0 fully saturated rings. The first-order valence-corrected chi connectivity index (χ1v) is 10.4. The number of aryl methyl sites for hydroxylation is 1. The number of ether oxygens (including phenoxy) is 2. The molecule has 0 spiro atoms. The van der Waals surface area contributed by atoms with Gasteiger partial charge in [0.25, 0.3) is 5.91 Å². The average molecular weight is 437 g/mol. The van der Waals surface area contributed by atoms with Crippen LogP contribution in [0.15, 0.2) is 60.8 Å². The average Bonchev–Trinajstić information content (AvgIpc) is 3.24. The second-order valence-corrected chi connectivity index (χ2v) is 7.78. The van der Waals surface area contributed by atoms with Gasteiger partial charge in [0.2, 0.25) is 0 Å². The van der Waals surface area contributed by atoms with Gasteiger partial charge in [-0.05, 0) is 55.0 Å². The highest BCUT2D eigenvalue weighted by atomic mass is 32.1. The Hall–Kier alpha value is -3.52. The molecule has 6 nitrogen and oxygen atoms in total. The number of hydrogen-bond acceptors (Lipinski definition) is 6. The van der Waals surface area contributed by atoms with Crippen molar-refractivity contribution in [1.29, 1.82) is 0 Å². The number of carbonyl (C=O) groups excluding carboxylic acids is 1. The molecule has 158 valence electrons. The van der Waals surface area contributed by atoms with Crippen molar-refractivity contribution in [2.45, 2.75) is 13.5 Å². The summed E-state index contributed by atoms with van der Waals surface area (Å²) >= 11 is 1.41. The maximum Gasteiger partial charge on any atom is 0.267 e. The zero-order valence-corrected chi connectivity index (χ0v) is 17.9. The van der Waals surface area contributed by atoms with Gasteiger partial charge in [0.05, 0.1) is 24.0 Å². The molecule has 0 N–H and O–H groups in total. The predicted molar refractivity (Wildman–Crippen MR) is 118 cm³/mol. The lowest BCUT2D eigenvalue weighted by Crippen LogP contribution is -2.34. The smallest absolute Gasteiger partial charge is 0.267 e. The molecule has 31 heavy (non-hydrogen) atoms. The molecule has 8 heteroatoms. The third-order valence-corrected chi connectivity index (χ3v) is 5.88. The van der Waals surface area contributed by atoms with Crippen LogP contribution in [0, 0.1) is 12.7 Å². The summed E-state index contributed by atoms with van der Waals surface area (Å²) in [7, 11) is 1.59. The molecule has 0 saturated carbocycles. The first-order valence-electron chi connectivity index (χ1n) is 9.58. The molecule has 2 aromatic carbocycles. The number of rotatable bonds is 7. The molecule has 0 aliphatic rings. The van der Waals surface area contributed by atoms with E-state index in [-0.39, 0.29) is 24.9 Å². The number of aromatic nitrogens is 2. The summed E-state index contributed by atoms with van der Waals surface area (Å²) in [6.45, 7) is 2.02. The van der Waals surface area contributed by atoms with Gasteiger partial charge >= 0.3 is 0 Å². The molecule has 4 rings (SSSR count). The molecular weight excluding hydrogens is 417 g/mol. The van der Waals surface area contributed by atoms with Crippen LogP contribution in [0.25, 0.3) is 10.2 Å². The van der Waals surface area contributed by atoms with Gasteiger partial charge < -0.3 is 9.47 Å². The second-order valence-electron chi connectivity index (χ2n) is 6.80. The fraction of sp³-hybridized carbons (Fsp3) is 0.174. The van der Waals surface area contributed by atoms with Crippen molar-refractivity contribution in [1.82, 2.24) is 9.97 Å². The molecule has 1 amide bonds. The zero-order chi connectivity index (χ0) is 21.8. The highest BCUT2D eigenvalue weighted by Crippen LogP contribution is 2.36. The number of halogens is 1. The van der Waals surface area contributed by atoms with Gasteiger partial charge in [-0.25, -0.2) is 9.37 Å². The maximum absolute atomic E-state index is 13.1. The van der Waals surface area contributed by atoms with Crippen LogP contribution in [0.4, 0.5) is 9.52 Å². The van der Waals surface area contributed by atoms with E-state index in [0.717, 1.165) is 16.0 Å². The summed E-state index contributed by atoms with van der Waals surface area (Å²) in [6.07, 6.45) is 1.68. The number of benzene rings is 2. The van der Waals surface area contributed by atoms with E-state index in [2.05, 4.69) is 4.98 Å². The number of hydrogen-bond donors (Lipinski definition) is 0. The summed E-state index contributed by atoms with van der Waals surface area (Å²) in [5.41, 5.74) is 2.48. The van der Waals surface area contributed by atoms with Crippen LogP contribution in [-0.2, 0) is 11.3 Å². The van der Waals surface area contributed by atoms with Crippen molar-refractivity contribution >= 4 is 32.6 Å². The van der Waals surface area contributed by atoms with Crippen molar-refractivity contribution in [3.63, 3.8) is 0 Å². The summed E-state index contributed by atoms with van der Waals surface area (Å²) in [6, 6.07) is 14.9. The fourth-order valence-corrected chi connectivity index (χ4v) is 4.12. The van der Waals surface area contributed by atoms with Crippen molar-refractivity contribution in [2.75, 3.05) is 18.6 Å². The van der Waals surface area contributed by atoms with E-state index >= 15 is 0 Å². The lowest BCUT2D eigenvalue weighted by atomic mass is 10.2. The summed E-state index contributed by atoms with van der Waals surface area (Å²) in [5, 5.41) is 0.529. The fourth-order valence-electron chi connectivity index (χ4n) is 3.05. The molecule has 0 aliphatic carbocycles. The monoisotopic (exact) mass is 437 g/mol. The van der Waals surface area contributed by atoms with E-state index in [4.69, 9.17) is 14.5 Å². The SMILES string of the molecule is COc1ccc(C)c2sc(N(Cc3ccccn3)C(=O)COc3ccc(F)cc3)nc12. The molecule has 0 saturated heterocycles. The summed E-state index contributed by atoms with van der Waals surface area (Å²) < 4.78 is 25.1. The Morgan fingerprint density at radius 1 is 1.13 bits per heavy atom. The molecule has 0 atom stereocenters. The van der Waals surface area contributed by atoms with Crippen LogP contribution >= 0.6 is 11.3 Å². The molecular formula is C23H20FN3O3S. The Balaban J connectivity index is 1.65. The molecule has 4 aromatic rings. The number of nitrogens with zero attached hydrogens (tertiary/aromatic N) is 3. The van der Waals surface area contributed by atoms with Crippen LogP contribution in [0.1, 0.15) is 11.3 Å². The number of carbonyl (C=O) groups is 1. The van der Waals surface area contributed by atoms with E-state index in [1.807, 2.05) is 37.3 Å². The van der Waals surface area contributed by atoms with Gasteiger partial charge in [-0.15, -0.1) is 0 Å². The maximum atomic E-state index is 13.1. The number of thiazole rings is 1. The van der Waals surface area contributed by atoms with Crippen molar-refractivity contribution < 1.29 is 18.7 Å². The number of methoxy groups -OCH3 is 1. The van der Waals surface area contributed by atoms with E-state index in [9.17, 15) is 9.18 Å². The summed E-state index contributed by atoms with van der Waals surface area (Å²) in [4.78, 5) is 23.7. The van der Waals surface area contributed by atoms with E-state index in [0.29, 0.717) is 22.1 Å². The van der Waals surface area contributed by atoms with E-state index < -0.39 is 0 Å². The van der Waals surface area contributed by atoms with Crippen LogP contribution < -0.4 is 14.4 Å². The second kappa shape index (κ2) is 9.09. The van der Waals surface area contributed by atoms with Gasteiger partial charge in [0, 0.05) is 6.20 Å². The van der Waals surface area contributed by atoms with Gasteiger partial charge in [0.1, 0.15) is 22.8 Å². The number of amides is 1. The van der Waals surface area contributed by atoms with Crippen LogP contribution in [-0.4, -0.2) is 29.6 Å². The van der Waals surface area contributed by atoms with Gasteiger partial charge in [-0.2, -0.15) is 0 Å². The Morgan fingerprint density at radius 3 is 2.65 bits per heavy atom. The van der Waals surface area contributed by atoms with E-state index in [1.165, 1.54) is 35.6 Å². The Labute approximate surface area is 182 Å². The third kappa shape index (κ3) is 4.64. The number of fused-ring (bicyclic) bond motifs is 1. The zero-order valence-electron chi connectivity index (χ0n) is 17.0. The van der Waals surface area contributed by atoms with Crippen LogP contribution in [0.2, 0.25) is 0 Å². The van der Waals surface area contributed by atoms with Crippen molar-refractivity contribution in [2.24, 2.45) is 0 Å². The van der Waals surface area contributed by atoms with Gasteiger partial charge in [-0.3, -0.25) is 14.7 Å². The quantitative estimate of drug-likeness (QED) is 0.417.